The van der Waals surface area contributed by atoms with Gasteiger partial charge in [0.25, 0.3) is 10.1 Å². The molecule has 1 fully saturated rings. The van der Waals surface area contributed by atoms with Gasteiger partial charge in [-0.1, -0.05) is 0 Å². The SMILES string of the molecule is CCS(=O)(=O)O.OC(N1CCNCC1)C(O)(O)O. The first-order valence-electron chi connectivity index (χ1n) is 5.33. The average Bonchev–Trinajstić information content (AvgIpc) is 2.28. The molecule has 0 saturated carbocycles. The van der Waals surface area contributed by atoms with Crippen molar-refractivity contribution in [3.05, 3.63) is 0 Å². The molecule has 0 radical (unpaired) electrons. The molecule has 10 heteroatoms. The monoisotopic (exact) mass is 288 g/mol. The minimum atomic E-state index is -3.66. The van der Waals surface area contributed by atoms with Crippen molar-refractivity contribution in [2.24, 2.45) is 0 Å². The van der Waals surface area contributed by atoms with Crippen molar-refractivity contribution in [1.82, 2.24) is 10.2 Å². The third kappa shape index (κ3) is 7.89. The van der Waals surface area contributed by atoms with Gasteiger partial charge in [0.2, 0.25) is 0 Å². The molecule has 1 aliphatic rings. The molecule has 0 amide bonds. The maximum Gasteiger partial charge on any atom is 0.317 e. The highest BCUT2D eigenvalue weighted by Gasteiger charge is 2.35. The lowest BCUT2D eigenvalue weighted by molar-refractivity contribution is -0.380. The topological polar surface area (TPSA) is 151 Å². The van der Waals surface area contributed by atoms with Gasteiger partial charge in [-0.2, -0.15) is 8.42 Å². The Kier molecular flexibility index (Phi) is 7.17. The molecule has 1 saturated heterocycles. The van der Waals surface area contributed by atoms with Crippen LogP contribution in [0.5, 0.6) is 0 Å². The first-order valence-corrected chi connectivity index (χ1v) is 6.94. The molecular weight excluding hydrogens is 268 g/mol. The van der Waals surface area contributed by atoms with Crippen LogP contribution < -0.4 is 5.32 Å². The number of nitrogens with zero attached hydrogens (tertiary/aromatic N) is 1. The smallest absolute Gasteiger partial charge is 0.317 e. The largest absolute Gasteiger partial charge is 0.371 e. The van der Waals surface area contributed by atoms with Crippen LogP contribution in [0.3, 0.4) is 0 Å². The van der Waals surface area contributed by atoms with Crippen LogP contribution in [0.2, 0.25) is 0 Å². The molecule has 0 spiro atoms. The highest BCUT2D eigenvalue weighted by molar-refractivity contribution is 7.85. The van der Waals surface area contributed by atoms with Crippen LogP contribution in [0.15, 0.2) is 0 Å². The van der Waals surface area contributed by atoms with E-state index in [4.69, 9.17) is 25.0 Å². The Labute approximate surface area is 105 Å². The number of hydrogen-bond donors (Lipinski definition) is 6. The molecule has 1 heterocycles. The zero-order valence-electron chi connectivity index (χ0n) is 10.0. The highest BCUT2D eigenvalue weighted by Crippen LogP contribution is 2.08. The van der Waals surface area contributed by atoms with Gasteiger partial charge < -0.3 is 25.7 Å². The molecule has 1 aliphatic heterocycles. The summed E-state index contributed by atoms with van der Waals surface area (Å²) < 4.78 is 26.9. The van der Waals surface area contributed by atoms with E-state index in [-0.39, 0.29) is 5.75 Å². The first kappa shape index (κ1) is 17.7. The van der Waals surface area contributed by atoms with Crippen molar-refractivity contribution in [1.29, 1.82) is 0 Å². The van der Waals surface area contributed by atoms with E-state index in [1.165, 1.54) is 11.8 Å². The van der Waals surface area contributed by atoms with Gasteiger partial charge in [0.1, 0.15) is 0 Å². The fourth-order valence-electron chi connectivity index (χ4n) is 1.17. The molecule has 0 aromatic carbocycles. The molecule has 6 N–H and O–H groups in total. The van der Waals surface area contributed by atoms with Crippen LogP contribution in [0.1, 0.15) is 6.92 Å². The fourth-order valence-corrected chi connectivity index (χ4v) is 1.17. The number of piperazine rings is 1. The second-order valence-electron chi connectivity index (χ2n) is 3.72. The van der Waals surface area contributed by atoms with E-state index in [1.54, 1.807) is 0 Å². The summed E-state index contributed by atoms with van der Waals surface area (Å²) in [5, 5.41) is 38.1. The highest BCUT2D eigenvalue weighted by atomic mass is 32.2. The number of nitrogens with one attached hydrogen (secondary N) is 1. The summed E-state index contributed by atoms with van der Waals surface area (Å²) >= 11 is 0. The van der Waals surface area contributed by atoms with Gasteiger partial charge in [-0.3, -0.25) is 9.45 Å². The summed E-state index contributed by atoms with van der Waals surface area (Å²) in [4.78, 5) is 1.39. The Morgan fingerprint density at radius 2 is 1.67 bits per heavy atom. The Bertz CT molecular complexity index is 321. The summed E-state index contributed by atoms with van der Waals surface area (Å²) in [7, 11) is -3.66. The zero-order chi connectivity index (χ0) is 14.4. The molecule has 18 heavy (non-hydrogen) atoms. The Hall–Kier alpha value is -0.330. The molecule has 0 aromatic rings. The minimum absolute atomic E-state index is 0.201. The van der Waals surface area contributed by atoms with E-state index in [0.29, 0.717) is 26.2 Å². The van der Waals surface area contributed by atoms with E-state index in [2.05, 4.69) is 5.32 Å². The van der Waals surface area contributed by atoms with Crippen LogP contribution in [-0.4, -0.2) is 82.4 Å². The van der Waals surface area contributed by atoms with Gasteiger partial charge in [0, 0.05) is 26.2 Å². The quantitative estimate of drug-likeness (QED) is 0.232. The Morgan fingerprint density at radius 3 is 1.94 bits per heavy atom. The van der Waals surface area contributed by atoms with Crippen molar-refractivity contribution in [3.8, 4) is 0 Å². The number of rotatable bonds is 3. The van der Waals surface area contributed by atoms with Crippen molar-refractivity contribution < 1.29 is 33.4 Å². The summed E-state index contributed by atoms with van der Waals surface area (Å²) in [6, 6.07) is 0. The van der Waals surface area contributed by atoms with Crippen LogP contribution in [0.4, 0.5) is 0 Å². The van der Waals surface area contributed by atoms with E-state index in [9.17, 15) is 8.42 Å². The Balaban J connectivity index is 0.000000411. The lowest BCUT2D eigenvalue weighted by Crippen LogP contribution is -2.57. The Morgan fingerprint density at radius 1 is 1.28 bits per heavy atom. The van der Waals surface area contributed by atoms with E-state index in [0.717, 1.165) is 0 Å². The number of aliphatic hydroxyl groups excluding tert-OH is 1. The normalized spacial score (nSPS) is 19.9. The summed E-state index contributed by atoms with van der Waals surface area (Å²) in [6.45, 7) is 3.64. The third-order valence-electron chi connectivity index (χ3n) is 2.21. The molecule has 0 aliphatic carbocycles. The fraction of sp³-hybridized carbons (Fsp3) is 1.00. The molecular formula is C8H20N2O7S. The van der Waals surface area contributed by atoms with Crippen molar-refractivity contribution in [2.45, 2.75) is 19.1 Å². The molecule has 110 valence electrons. The summed E-state index contributed by atoms with van der Waals surface area (Å²) in [5.74, 6) is -3.23. The standard InChI is InChI=1S/C6H14N2O4.C2H6O3S/c9-5(6(10,11)12)8-3-1-7-2-4-8;1-2-6(3,4)5/h5,7,9-12H,1-4H2;2H2,1H3,(H,3,4,5). The van der Waals surface area contributed by atoms with E-state index < -0.39 is 22.3 Å². The third-order valence-corrected chi connectivity index (χ3v) is 2.94. The molecule has 0 aromatic heterocycles. The molecule has 9 nitrogen and oxygen atoms in total. The predicted molar refractivity (Wildman–Crippen MR) is 61.9 cm³/mol. The van der Waals surface area contributed by atoms with Crippen LogP contribution >= 0.6 is 0 Å². The molecule has 1 unspecified atom stereocenters. The van der Waals surface area contributed by atoms with Gasteiger partial charge in [-0.05, 0) is 6.92 Å². The van der Waals surface area contributed by atoms with Crippen LogP contribution in [0.25, 0.3) is 0 Å². The second kappa shape index (κ2) is 7.31. The minimum Gasteiger partial charge on any atom is -0.371 e. The molecule has 1 rings (SSSR count). The number of hydrogen-bond acceptors (Lipinski definition) is 8. The van der Waals surface area contributed by atoms with Gasteiger partial charge in [0.05, 0.1) is 5.75 Å². The van der Waals surface area contributed by atoms with Gasteiger partial charge in [0.15, 0.2) is 6.23 Å². The number of aliphatic hydroxyl groups is 4. The van der Waals surface area contributed by atoms with Gasteiger partial charge >= 0.3 is 5.97 Å². The van der Waals surface area contributed by atoms with Crippen molar-refractivity contribution in [3.63, 3.8) is 0 Å². The second-order valence-corrected chi connectivity index (χ2v) is 5.46. The van der Waals surface area contributed by atoms with E-state index >= 15 is 0 Å². The lowest BCUT2D eigenvalue weighted by Gasteiger charge is -2.35. The van der Waals surface area contributed by atoms with Gasteiger partial charge in [-0.25, -0.2) is 0 Å². The summed E-state index contributed by atoms with van der Waals surface area (Å²) in [6.07, 6.45) is -1.64. The first-order chi connectivity index (χ1) is 8.08. The average molecular weight is 288 g/mol. The zero-order valence-corrected chi connectivity index (χ0v) is 10.8. The summed E-state index contributed by atoms with van der Waals surface area (Å²) in [5.41, 5.74) is 0. The van der Waals surface area contributed by atoms with E-state index in [1.807, 2.05) is 0 Å². The lowest BCUT2D eigenvalue weighted by atomic mass is 10.3. The molecule has 0 bridgehead atoms. The predicted octanol–water partition coefficient (Wildman–Crippen LogP) is -3.27. The van der Waals surface area contributed by atoms with Crippen molar-refractivity contribution in [2.75, 3.05) is 31.9 Å². The maximum absolute atomic E-state index is 9.56. The van der Waals surface area contributed by atoms with Gasteiger partial charge in [-0.15, -0.1) is 0 Å². The maximum atomic E-state index is 9.56. The van der Waals surface area contributed by atoms with Crippen molar-refractivity contribution >= 4 is 10.1 Å². The van der Waals surface area contributed by atoms with Crippen LogP contribution in [-0.2, 0) is 10.1 Å². The molecule has 1 atom stereocenters. The van der Waals surface area contributed by atoms with Crippen LogP contribution in [0, 0.1) is 0 Å².